The van der Waals surface area contributed by atoms with Crippen molar-refractivity contribution in [2.24, 2.45) is 5.10 Å². The molecule has 0 heterocycles. The minimum Gasteiger partial charge on any atom is -0.490 e. The van der Waals surface area contributed by atoms with Crippen LogP contribution in [-0.2, 0) is 14.4 Å². The zero-order valence-corrected chi connectivity index (χ0v) is 19.6. The Morgan fingerprint density at radius 1 is 1.03 bits per heavy atom. The van der Waals surface area contributed by atoms with Gasteiger partial charge in [0.15, 0.2) is 18.1 Å². The highest BCUT2D eigenvalue weighted by atomic mass is 35.5. The molecule has 176 valence electrons. The minimum absolute atomic E-state index is 0.237. The van der Waals surface area contributed by atoms with Gasteiger partial charge in [-0.3, -0.25) is 14.4 Å². The van der Waals surface area contributed by atoms with Crippen LogP contribution in [0, 0.1) is 0 Å². The first-order chi connectivity index (χ1) is 15.8. The Morgan fingerprint density at radius 2 is 1.82 bits per heavy atom. The number of amides is 3. The van der Waals surface area contributed by atoms with E-state index in [4.69, 9.17) is 32.7 Å². The van der Waals surface area contributed by atoms with Crippen molar-refractivity contribution in [3.63, 3.8) is 0 Å². The lowest BCUT2D eigenvalue weighted by atomic mass is 10.2. The maximum atomic E-state index is 12.2. The van der Waals surface area contributed by atoms with Crippen LogP contribution in [0.4, 0.5) is 5.69 Å². The molecule has 0 radical (unpaired) electrons. The molecule has 0 aliphatic heterocycles. The number of benzene rings is 2. The third-order valence-electron chi connectivity index (χ3n) is 3.97. The average Bonchev–Trinajstić information content (AvgIpc) is 2.80. The van der Waals surface area contributed by atoms with Gasteiger partial charge in [0.25, 0.3) is 5.91 Å². The molecule has 33 heavy (non-hydrogen) atoms. The summed E-state index contributed by atoms with van der Waals surface area (Å²) >= 11 is 12.0. The standard InChI is InChI=1S/C22H24Cl2N4O5/c1-3-10-25-21(30)22(31)28-26-12-14-8-9-17(18(11-14)32-4-2)33-13-19(29)27-16-7-5-6-15(23)20(16)24/h5-9,11-12H,3-4,10,13H2,1-2H3,(H,25,30)(H,27,29)(H,28,31)/b26-12-. The monoisotopic (exact) mass is 494 g/mol. The second kappa shape index (κ2) is 13.3. The van der Waals surface area contributed by atoms with E-state index >= 15 is 0 Å². The van der Waals surface area contributed by atoms with Gasteiger partial charge < -0.3 is 20.1 Å². The lowest BCUT2D eigenvalue weighted by molar-refractivity contribution is -0.139. The summed E-state index contributed by atoms with van der Waals surface area (Å²) in [5.41, 5.74) is 3.10. The smallest absolute Gasteiger partial charge is 0.329 e. The molecule has 2 aromatic carbocycles. The number of anilines is 1. The van der Waals surface area contributed by atoms with Crippen LogP contribution < -0.4 is 25.5 Å². The van der Waals surface area contributed by atoms with Gasteiger partial charge in [0.2, 0.25) is 0 Å². The van der Waals surface area contributed by atoms with E-state index in [0.29, 0.717) is 47.3 Å². The third kappa shape index (κ3) is 8.28. The second-order valence-corrected chi connectivity index (χ2v) is 7.32. The van der Waals surface area contributed by atoms with Gasteiger partial charge in [0.1, 0.15) is 0 Å². The molecule has 0 fully saturated rings. The van der Waals surface area contributed by atoms with Crippen molar-refractivity contribution in [1.29, 1.82) is 0 Å². The van der Waals surface area contributed by atoms with Crippen LogP contribution >= 0.6 is 23.2 Å². The highest BCUT2D eigenvalue weighted by Crippen LogP contribution is 2.30. The molecule has 0 atom stereocenters. The molecule has 0 saturated heterocycles. The summed E-state index contributed by atoms with van der Waals surface area (Å²) in [5, 5.41) is 9.41. The quantitative estimate of drug-likeness (QED) is 0.265. The fraction of sp³-hybridized carbons (Fsp3) is 0.273. The first-order valence-electron chi connectivity index (χ1n) is 10.1. The average molecular weight is 495 g/mol. The highest BCUT2D eigenvalue weighted by Gasteiger charge is 2.13. The van der Waals surface area contributed by atoms with Gasteiger partial charge in [0, 0.05) is 6.54 Å². The summed E-state index contributed by atoms with van der Waals surface area (Å²) < 4.78 is 11.1. The zero-order valence-electron chi connectivity index (χ0n) is 18.1. The molecular weight excluding hydrogens is 471 g/mol. The zero-order chi connectivity index (χ0) is 24.2. The number of hydrogen-bond donors (Lipinski definition) is 3. The molecule has 0 unspecified atom stereocenters. The van der Waals surface area contributed by atoms with Gasteiger partial charge in [-0.15, -0.1) is 0 Å². The number of hydrazone groups is 1. The van der Waals surface area contributed by atoms with Crippen LogP contribution in [0.25, 0.3) is 0 Å². The van der Waals surface area contributed by atoms with Gasteiger partial charge in [-0.05, 0) is 49.2 Å². The topological polar surface area (TPSA) is 118 Å². The fourth-order valence-electron chi connectivity index (χ4n) is 2.46. The number of halogens is 2. The lowest BCUT2D eigenvalue weighted by Crippen LogP contribution is -2.38. The normalized spacial score (nSPS) is 10.5. The summed E-state index contributed by atoms with van der Waals surface area (Å²) in [4.78, 5) is 35.4. The third-order valence-corrected chi connectivity index (χ3v) is 4.79. The Balaban J connectivity index is 1.98. The summed E-state index contributed by atoms with van der Waals surface area (Å²) in [6.07, 6.45) is 2.07. The number of ether oxygens (including phenoxy) is 2. The van der Waals surface area contributed by atoms with Crippen molar-refractivity contribution in [2.45, 2.75) is 20.3 Å². The second-order valence-electron chi connectivity index (χ2n) is 6.53. The van der Waals surface area contributed by atoms with E-state index < -0.39 is 17.7 Å². The first kappa shape index (κ1) is 26.0. The number of rotatable bonds is 10. The number of hydrogen-bond acceptors (Lipinski definition) is 6. The largest absolute Gasteiger partial charge is 0.490 e. The molecule has 11 heteroatoms. The van der Waals surface area contributed by atoms with Crippen molar-refractivity contribution in [3.05, 3.63) is 52.0 Å². The Hall–Kier alpha value is -3.30. The summed E-state index contributed by atoms with van der Waals surface area (Å²) in [5.74, 6) is -1.34. The fourth-order valence-corrected chi connectivity index (χ4v) is 2.81. The molecule has 0 aromatic heterocycles. The highest BCUT2D eigenvalue weighted by molar-refractivity contribution is 6.44. The van der Waals surface area contributed by atoms with Crippen LogP contribution in [0.5, 0.6) is 11.5 Å². The molecule has 0 bridgehead atoms. The maximum absolute atomic E-state index is 12.2. The first-order valence-corrected chi connectivity index (χ1v) is 10.9. The maximum Gasteiger partial charge on any atom is 0.329 e. The lowest BCUT2D eigenvalue weighted by Gasteiger charge is -2.13. The molecule has 0 saturated carbocycles. The van der Waals surface area contributed by atoms with Crippen LogP contribution in [0.2, 0.25) is 10.0 Å². The van der Waals surface area contributed by atoms with Gasteiger partial charge in [0.05, 0.1) is 28.6 Å². The van der Waals surface area contributed by atoms with E-state index in [1.807, 2.05) is 6.92 Å². The number of carbonyl (C=O) groups excluding carboxylic acids is 3. The molecule has 2 aromatic rings. The van der Waals surface area contributed by atoms with E-state index in [0.717, 1.165) is 0 Å². The van der Waals surface area contributed by atoms with Crippen molar-refractivity contribution >= 4 is 52.8 Å². The van der Waals surface area contributed by atoms with Crippen molar-refractivity contribution in [2.75, 3.05) is 25.1 Å². The molecule has 0 aliphatic carbocycles. The van der Waals surface area contributed by atoms with Gasteiger partial charge in [-0.2, -0.15) is 5.10 Å². The summed E-state index contributed by atoms with van der Waals surface area (Å²) in [7, 11) is 0. The Labute approximate surface area is 201 Å². The molecule has 9 nitrogen and oxygen atoms in total. The van der Waals surface area contributed by atoms with E-state index in [1.165, 1.54) is 6.21 Å². The molecule has 3 amide bonds. The van der Waals surface area contributed by atoms with E-state index in [1.54, 1.807) is 43.3 Å². The Kier molecular flexibility index (Phi) is 10.5. The van der Waals surface area contributed by atoms with Gasteiger partial charge in [-0.1, -0.05) is 36.2 Å². The summed E-state index contributed by atoms with van der Waals surface area (Å²) in [6, 6.07) is 9.77. The number of nitrogens with zero attached hydrogens (tertiary/aromatic N) is 1. The minimum atomic E-state index is -0.865. The van der Waals surface area contributed by atoms with Gasteiger partial charge >= 0.3 is 11.8 Å². The van der Waals surface area contributed by atoms with Crippen LogP contribution in [0.15, 0.2) is 41.5 Å². The van der Waals surface area contributed by atoms with Crippen LogP contribution in [0.3, 0.4) is 0 Å². The molecular formula is C22H24Cl2N4O5. The van der Waals surface area contributed by atoms with E-state index in [9.17, 15) is 14.4 Å². The van der Waals surface area contributed by atoms with E-state index in [2.05, 4.69) is 21.2 Å². The van der Waals surface area contributed by atoms with Crippen molar-refractivity contribution in [3.8, 4) is 11.5 Å². The Bertz CT molecular complexity index is 1030. The molecule has 2 rings (SSSR count). The summed E-state index contributed by atoms with van der Waals surface area (Å²) in [6.45, 7) is 4.14. The SMILES string of the molecule is CCCNC(=O)C(=O)N/N=C\c1ccc(OCC(=O)Nc2cccc(Cl)c2Cl)c(OCC)c1. The van der Waals surface area contributed by atoms with Crippen LogP contribution in [-0.4, -0.2) is 43.7 Å². The number of carbonyl (C=O) groups is 3. The van der Waals surface area contributed by atoms with Crippen molar-refractivity contribution in [1.82, 2.24) is 10.7 Å². The molecule has 0 spiro atoms. The molecule has 3 N–H and O–H groups in total. The van der Waals surface area contributed by atoms with Crippen LogP contribution in [0.1, 0.15) is 25.8 Å². The van der Waals surface area contributed by atoms with Gasteiger partial charge in [-0.25, -0.2) is 5.43 Å². The number of nitrogens with one attached hydrogen (secondary N) is 3. The van der Waals surface area contributed by atoms with Crippen molar-refractivity contribution < 1.29 is 23.9 Å². The Morgan fingerprint density at radius 3 is 2.55 bits per heavy atom. The predicted octanol–water partition coefficient (Wildman–Crippen LogP) is 3.39. The van der Waals surface area contributed by atoms with E-state index in [-0.39, 0.29) is 11.6 Å². The molecule has 0 aliphatic rings. The predicted molar refractivity (Wildman–Crippen MR) is 127 cm³/mol.